The standard InChI is InChI=1S/C21H24ClN3OS2/c1-3-25-20(15-28-19-11-5-16(2)6-12-19)23-24-21(25)27-14-4-13-26-18-9-7-17(22)8-10-18/h5-12H,3-4,13-15H2,1-2H3. The number of rotatable bonds is 10. The number of ether oxygens (including phenoxy) is 1. The third-order valence-electron chi connectivity index (χ3n) is 4.10. The van der Waals surface area contributed by atoms with Gasteiger partial charge in [-0.15, -0.1) is 22.0 Å². The van der Waals surface area contributed by atoms with Gasteiger partial charge in [-0.25, -0.2) is 0 Å². The van der Waals surface area contributed by atoms with Crippen LogP contribution in [0.4, 0.5) is 0 Å². The van der Waals surface area contributed by atoms with Gasteiger partial charge in [0.25, 0.3) is 0 Å². The maximum absolute atomic E-state index is 5.88. The van der Waals surface area contributed by atoms with E-state index >= 15 is 0 Å². The lowest BCUT2D eigenvalue weighted by atomic mass is 10.2. The van der Waals surface area contributed by atoms with Crippen molar-refractivity contribution in [2.75, 3.05) is 12.4 Å². The molecule has 3 aromatic rings. The van der Waals surface area contributed by atoms with Gasteiger partial charge in [0.15, 0.2) is 5.16 Å². The average molecular weight is 434 g/mol. The smallest absolute Gasteiger partial charge is 0.191 e. The van der Waals surface area contributed by atoms with Crippen molar-refractivity contribution in [3.8, 4) is 5.75 Å². The molecule has 0 radical (unpaired) electrons. The molecule has 0 saturated carbocycles. The number of hydrogen-bond donors (Lipinski definition) is 0. The van der Waals surface area contributed by atoms with Crippen LogP contribution in [-0.4, -0.2) is 27.1 Å². The van der Waals surface area contributed by atoms with Gasteiger partial charge in [0.1, 0.15) is 11.6 Å². The summed E-state index contributed by atoms with van der Waals surface area (Å²) in [5, 5.41) is 10.5. The lowest BCUT2D eigenvalue weighted by Gasteiger charge is -2.08. The Labute approximate surface area is 180 Å². The molecule has 0 aliphatic carbocycles. The number of thioether (sulfide) groups is 2. The first-order valence-electron chi connectivity index (χ1n) is 9.28. The minimum absolute atomic E-state index is 0.672. The summed E-state index contributed by atoms with van der Waals surface area (Å²) in [6.45, 7) is 5.79. The van der Waals surface area contributed by atoms with Crippen molar-refractivity contribution in [2.45, 2.75) is 42.6 Å². The molecule has 148 valence electrons. The molecule has 2 aromatic carbocycles. The van der Waals surface area contributed by atoms with Crippen LogP contribution in [0.2, 0.25) is 5.02 Å². The minimum atomic E-state index is 0.672. The Morgan fingerprint density at radius 2 is 1.75 bits per heavy atom. The fourth-order valence-corrected chi connectivity index (χ4v) is 4.47. The molecule has 0 unspecified atom stereocenters. The fraction of sp³-hybridized carbons (Fsp3) is 0.333. The van der Waals surface area contributed by atoms with Gasteiger partial charge in [0.2, 0.25) is 0 Å². The SMILES string of the molecule is CCn1c(CSc2ccc(C)cc2)nnc1SCCCOc1ccc(Cl)cc1. The Kier molecular flexibility index (Phi) is 8.13. The van der Waals surface area contributed by atoms with Crippen LogP contribution in [0, 0.1) is 6.92 Å². The van der Waals surface area contributed by atoms with E-state index in [1.807, 2.05) is 24.3 Å². The molecule has 0 amide bonds. The molecule has 7 heteroatoms. The predicted octanol–water partition coefficient (Wildman–Crippen LogP) is 6.11. The summed E-state index contributed by atoms with van der Waals surface area (Å²) in [4.78, 5) is 1.25. The van der Waals surface area contributed by atoms with Gasteiger partial charge in [-0.2, -0.15) is 0 Å². The van der Waals surface area contributed by atoms with Gasteiger partial charge in [0, 0.05) is 22.2 Å². The topological polar surface area (TPSA) is 39.9 Å². The van der Waals surface area contributed by atoms with E-state index in [0.717, 1.165) is 46.2 Å². The molecule has 0 fully saturated rings. The van der Waals surface area contributed by atoms with Crippen LogP contribution >= 0.6 is 35.1 Å². The summed E-state index contributed by atoms with van der Waals surface area (Å²) in [7, 11) is 0. The lowest BCUT2D eigenvalue weighted by Crippen LogP contribution is -2.03. The number of nitrogens with zero attached hydrogens (tertiary/aromatic N) is 3. The zero-order chi connectivity index (χ0) is 19.8. The second kappa shape index (κ2) is 10.8. The molecule has 0 spiro atoms. The number of hydrogen-bond acceptors (Lipinski definition) is 5. The summed E-state index contributed by atoms with van der Waals surface area (Å²) in [6.07, 6.45) is 0.942. The number of aromatic nitrogens is 3. The van der Waals surface area contributed by atoms with Crippen LogP contribution in [0.15, 0.2) is 58.6 Å². The zero-order valence-corrected chi connectivity index (χ0v) is 18.5. The molecular formula is C21H24ClN3OS2. The minimum Gasteiger partial charge on any atom is -0.494 e. The Morgan fingerprint density at radius 3 is 2.46 bits per heavy atom. The zero-order valence-electron chi connectivity index (χ0n) is 16.1. The van der Waals surface area contributed by atoms with Crippen molar-refractivity contribution in [1.29, 1.82) is 0 Å². The Hall–Kier alpha value is -1.63. The van der Waals surface area contributed by atoms with Gasteiger partial charge in [-0.3, -0.25) is 0 Å². The Morgan fingerprint density at radius 1 is 1.00 bits per heavy atom. The van der Waals surface area contributed by atoms with Gasteiger partial charge in [0.05, 0.1) is 12.4 Å². The van der Waals surface area contributed by atoms with Crippen molar-refractivity contribution >= 4 is 35.1 Å². The van der Waals surface area contributed by atoms with Gasteiger partial charge < -0.3 is 9.30 Å². The molecule has 1 aromatic heterocycles. The molecule has 0 aliphatic rings. The monoisotopic (exact) mass is 433 g/mol. The van der Waals surface area contributed by atoms with Crippen molar-refractivity contribution in [1.82, 2.24) is 14.8 Å². The highest BCUT2D eigenvalue weighted by Gasteiger charge is 2.11. The molecular weight excluding hydrogens is 410 g/mol. The van der Waals surface area contributed by atoms with Crippen molar-refractivity contribution in [3.05, 3.63) is 64.9 Å². The molecule has 1 heterocycles. The Bertz CT molecular complexity index is 866. The van der Waals surface area contributed by atoms with Crippen LogP contribution in [0.5, 0.6) is 5.75 Å². The first-order chi connectivity index (χ1) is 13.7. The van der Waals surface area contributed by atoms with Crippen molar-refractivity contribution < 1.29 is 4.74 Å². The third-order valence-corrected chi connectivity index (χ3v) is 6.41. The first-order valence-corrected chi connectivity index (χ1v) is 11.6. The van der Waals surface area contributed by atoms with Crippen molar-refractivity contribution in [2.24, 2.45) is 0 Å². The highest BCUT2D eigenvalue weighted by Crippen LogP contribution is 2.25. The van der Waals surface area contributed by atoms with E-state index < -0.39 is 0 Å². The molecule has 4 nitrogen and oxygen atoms in total. The largest absolute Gasteiger partial charge is 0.494 e. The van der Waals surface area contributed by atoms with Crippen molar-refractivity contribution in [3.63, 3.8) is 0 Å². The molecule has 0 saturated heterocycles. The third kappa shape index (κ3) is 6.19. The summed E-state index contributed by atoms with van der Waals surface area (Å²) in [5.74, 6) is 3.63. The maximum atomic E-state index is 5.88. The average Bonchev–Trinajstić information content (AvgIpc) is 3.10. The highest BCUT2D eigenvalue weighted by molar-refractivity contribution is 7.99. The maximum Gasteiger partial charge on any atom is 0.191 e. The van der Waals surface area contributed by atoms with E-state index in [-0.39, 0.29) is 0 Å². The second-order valence-electron chi connectivity index (χ2n) is 6.25. The summed E-state index contributed by atoms with van der Waals surface area (Å²) < 4.78 is 7.94. The predicted molar refractivity (Wildman–Crippen MR) is 119 cm³/mol. The van der Waals surface area contributed by atoms with Gasteiger partial charge in [-0.05, 0) is 56.7 Å². The van der Waals surface area contributed by atoms with E-state index in [1.54, 1.807) is 23.5 Å². The highest BCUT2D eigenvalue weighted by atomic mass is 35.5. The van der Waals surface area contributed by atoms with Crippen LogP contribution in [0.3, 0.4) is 0 Å². The van der Waals surface area contributed by atoms with E-state index in [0.29, 0.717) is 6.61 Å². The summed E-state index contributed by atoms with van der Waals surface area (Å²) in [5.41, 5.74) is 1.28. The normalized spacial score (nSPS) is 11.0. The van der Waals surface area contributed by atoms with Crippen LogP contribution in [0.25, 0.3) is 0 Å². The fourth-order valence-electron chi connectivity index (χ4n) is 2.58. The second-order valence-corrected chi connectivity index (χ2v) is 8.80. The van der Waals surface area contributed by atoms with Crippen LogP contribution in [-0.2, 0) is 12.3 Å². The first kappa shape index (κ1) is 21.1. The molecule has 0 bridgehead atoms. The molecule has 0 aliphatic heterocycles. The number of benzene rings is 2. The lowest BCUT2D eigenvalue weighted by molar-refractivity contribution is 0.318. The molecule has 0 N–H and O–H groups in total. The Balaban J connectivity index is 1.45. The van der Waals surface area contributed by atoms with Gasteiger partial charge in [-0.1, -0.05) is 41.1 Å². The summed E-state index contributed by atoms with van der Waals surface area (Å²) >= 11 is 9.41. The van der Waals surface area contributed by atoms with Gasteiger partial charge >= 0.3 is 0 Å². The van der Waals surface area contributed by atoms with Crippen LogP contribution in [0.1, 0.15) is 24.7 Å². The van der Waals surface area contributed by atoms with Crippen LogP contribution < -0.4 is 4.74 Å². The molecule has 28 heavy (non-hydrogen) atoms. The van der Waals surface area contributed by atoms with E-state index in [4.69, 9.17) is 16.3 Å². The quantitative estimate of drug-likeness (QED) is 0.285. The summed E-state index contributed by atoms with van der Waals surface area (Å²) in [6, 6.07) is 16.0. The number of halogens is 1. The molecule has 0 atom stereocenters. The van der Waals surface area contributed by atoms with E-state index in [2.05, 4.69) is 52.9 Å². The molecule has 3 rings (SSSR count). The van der Waals surface area contributed by atoms with E-state index in [1.165, 1.54) is 10.5 Å². The number of aryl methyl sites for hydroxylation is 1. The van der Waals surface area contributed by atoms with E-state index in [9.17, 15) is 0 Å².